The third kappa shape index (κ3) is 2.03. The van der Waals surface area contributed by atoms with Crippen LogP contribution in [0.25, 0.3) is 0 Å². The van der Waals surface area contributed by atoms with E-state index in [-0.39, 0.29) is 5.69 Å². The Morgan fingerprint density at radius 2 is 1.88 bits per heavy atom. The first-order chi connectivity index (χ1) is 7.68. The van der Waals surface area contributed by atoms with E-state index in [9.17, 15) is 13.2 Å². The molecule has 1 heterocycles. The molecule has 5 heteroatoms. The van der Waals surface area contributed by atoms with Crippen molar-refractivity contribution in [2.75, 3.05) is 5.32 Å². The highest BCUT2D eigenvalue weighted by Crippen LogP contribution is 2.20. The highest BCUT2D eigenvalue weighted by Gasteiger charge is 2.12. The van der Waals surface area contributed by atoms with Gasteiger partial charge in [0.05, 0.1) is 5.69 Å². The average molecular weight is 226 g/mol. The molecule has 1 aromatic heterocycles. The molecule has 1 aromatic carbocycles. The first kappa shape index (κ1) is 10.6. The van der Waals surface area contributed by atoms with Crippen molar-refractivity contribution in [3.63, 3.8) is 0 Å². The third-order valence-corrected chi connectivity index (χ3v) is 2.18. The number of hydrogen-bond acceptors (Lipinski definition) is 1. The van der Waals surface area contributed by atoms with E-state index in [0.29, 0.717) is 6.54 Å². The van der Waals surface area contributed by atoms with Gasteiger partial charge < -0.3 is 10.3 Å². The SMILES string of the molecule is Fc1ccc(NCc2cc[nH]c2)c(F)c1F. The summed E-state index contributed by atoms with van der Waals surface area (Å²) in [6.45, 7) is 0.339. The zero-order valence-corrected chi connectivity index (χ0v) is 8.23. The van der Waals surface area contributed by atoms with Crippen LogP contribution in [-0.2, 0) is 6.54 Å². The van der Waals surface area contributed by atoms with Gasteiger partial charge in [-0.3, -0.25) is 0 Å². The van der Waals surface area contributed by atoms with Crippen LogP contribution in [0.2, 0.25) is 0 Å². The van der Waals surface area contributed by atoms with Crippen molar-refractivity contribution in [1.82, 2.24) is 4.98 Å². The summed E-state index contributed by atoms with van der Waals surface area (Å²) < 4.78 is 38.7. The van der Waals surface area contributed by atoms with Crippen LogP contribution in [0.15, 0.2) is 30.6 Å². The molecule has 0 amide bonds. The Morgan fingerprint density at radius 1 is 1.06 bits per heavy atom. The van der Waals surface area contributed by atoms with E-state index in [0.717, 1.165) is 11.6 Å². The molecular formula is C11H9F3N2. The smallest absolute Gasteiger partial charge is 0.196 e. The quantitative estimate of drug-likeness (QED) is 0.773. The molecule has 0 atom stereocenters. The Bertz CT molecular complexity index is 480. The largest absolute Gasteiger partial charge is 0.378 e. The molecule has 0 fully saturated rings. The summed E-state index contributed by atoms with van der Waals surface area (Å²) in [7, 11) is 0. The van der Waals surface area contributed by atoms with E-state index in [4.69, 9.17) is 0 Å². The summed E-state index contributed by atoms with van der Waals surface area (Å²) in [5.74, 6) is -3.85. The minimum Gasteiger partial charge on any atom is -0.378 e. The van der Waals surface area contributed by atoms with Crippen LogP contribution in [0.3, 0.4) is 0 Å². The van der Waals surface area contributed by atoms with Gasteiger partial charge in [0.1, 0.15) is 0 Å². The predicted molar refractivity (Wildman–Crippen MR) is 54.4 cm³/mol. The monoisotopic (exact) mass is 226 g/mol. The number of rotatable bonds is 3. The van der Waals surface area contributed by atoms with Gasteiger partial charge >= 0.3 is 0 Å². The molecule has 2 N–H and O–H groups in total. The van der Waals surface area contributed by atoms with Crippen LogP contribution in [-0.4, -0.2) is 4.98 Å². The van der Waals surface area contributed by atoms with Crippen molar-refractivity contribution in [2.24, 2.45) is 0 Å². The molecule has 2 rings (SSSR count). The second kappa shape index (κ2) is 4.30. The lowest BCUT2D eigenvalue weighted by atomic mass is 10.2. The van der Waals surface area contributed by atoms with Crippen molar-refractivity contribution < 1.29 is 13.2 Å². The highest BCUT2D eigenvalue weighted by atomic mass is 19.2. The molecule has 0 spiro atoms. The van der Waals surface area contributed by atoms with E-state index in [1.54, 1.807) is 18.5 Å². The number of nitrogens with one attached hydrogen (secondary N) is 2. The van der Waals surface area contributed by atoms with Gasteiger partial charge in [-0.1, -0.05) is 0 Å². The predicted octanol–water partition coefficient (Wildman–Crippen LogP) is 3.04. The van der Waals surface area contributed by atoms with Crippen LogP contribution in [0.5, 0.6) is 0 Å². The Kier molecular flexibility index (Phi) is 2.85. The maximum absolute atomic E-state index is 13.2. The van der Waals surface area contributed by atoms with Crippen molar-refractivity contribution in [1.29, 1.82) is 0 Å². The lowest BCUT2D eigenvalue weighted by molar-refractivity contribution is 0.449. The standard InChI is InChI=1S/C11H9F3N2/c12-8-1-2-9(11(14)10(8)13)16-6-7-3-4-15-5-7/h1-5,15-16H,6H2. The van der Waals surface area contributed by atoms with Gasteiger partial charge in [0, 0.05) is 18.9 Å². The van der Waals surface area contributed by atoms with Gasteiger partial charge in [-0.25, -0.2) is 13.2 Å². The fourth-order valence-electron chi connectivity index (χ4n) is 1.33. The zero-order valence-electron chi connectivity index (χ0n) is 8.23. The van der Waals surface area contributed by atoms with Crippen LogP contribution in [0, 0.1) is 17.5 Å². The summed E-state index contributed by atoms with van der Waals surface area (Å²) in [4.78, 5) is 2.83. The van der Waals surface area contributed by atoms with E-state index in [2.05, 4.69) is 10.3 Å². The molecule has 2 nitrogen and oxygen atoms in total. The Balaban J connectivity index is 2.13. The van der Waals surface area contributed by atoms with Gasteiger partial charge in [0.15, 0.2) is 17.5 Å². The Labute approximate surface area is 90.1 Å². The molecular weight excluding hydrogens is 217 g/mol. The summed E-state index contributed by atoms with van der Waals surface area (Å²) >= 11 is 0. The summed E-state index contributed by atoms with van der Waals surface area (Å²) in [5.41, 5.74) is 0.837. The summed E-state index contributed by atoms with van der Waals surface area (Å²) in [6, 6.07) is 3.85. The molecule has 0 unspecified atom stereocenters. The van der Waals surface area contributed by atoms with Crippen molar-refractivity contribution in [3.8, 4) is 0 Å². The fraction of sp³-hybridized carbons (Fsp3) is 0.0909. The number of halogens is 3. The normalized spacial score (nSPS) is 10.4. The number of benzene rings is 1. The van der Waals surface area contributed by atoms with Gasteiger partial charge in [0.25, 0.3) is 0 Å². The summed E-state index contributed by atoms with van der Waals surface area (Å²) in [5, 5.41) is 2.68. The van der Waals surface area contributed by atoms with Crippen molar-refractivity contribution >= 4 is 5.69 Å². The minimum absolute atomic E-state index is 0.0555. The number of aromatic amines is 1. The third-order valence-electron chi connectivity index (χ3n) is 2.18. The second-order valence-electron chi connectivity index (χ2n) is 3.30. The Morgan fingerprint density at radius 3 is 2.56 bits per heavy atom. The van der Waals surface area contributed by atoms with E-state index in [1.165, 1.54) is 6.07 Å². The van der Waals surface area contributed by atoms with Crippen LogP contribution < -0.4 is 5.32 Å². The minimum atomic E-state index is -1.46. The molecule has 0 bridgehead atoms. The fourth-order valence-corrected chi connectivity index (χ4v) is 1.33. The Hall–Kier alpha value is -1.91. The van der Waals surface area contributed by atoms with E-state index >= 15 is 0 Å². The first-order valence-corrected chi connectivity index (χ1v) is 4.67. The van der Waals surface area contributed by atoms with Gasteiger partial charge in [0.2, 0.25) is 0 Å². The van der Waals surface area contributed by atoms with Gasteiger partial charge in [-0.2, -0.15) is 0 Å². The van der Waals surface area contributed by atoms with Crippen molar-refractivity contribution in [3.05, 3.63) is 53.6 Å². The molecule has 0 aliphatic heterocycles. The molecule has 0 aliphatic rings. The van der Waals surface area contributed by atoms with Crippen LogP contribution in [0.1, 0.15) is 5.56 Å². The molecule has 0 saturated carbocycles. The zero-order chi connectivity index (χ0) is 11.5. The lowest BCUT2D eigenvalue weighted by Crippen LogP contribution is -2.03. The van der Waals surface area contributed by atoms with Gasteiger partial charge in [-0.05, 0) is 23.8 Å². The lowest BCUT2D eigenvalue weighted by Gasteiger charge is -2.07. The van der Waals surface area contributed by atoms with Crippen LogP contribution in [0.4, 0.5) is 18.9 Å². The highest BCUT2D eigenvalue weighted by molar-refractivity contribution is 5.45. The molecule has 84 valence electrons. The van der Waals surface area contributed by atoms with Crippen LogP contribution >= 0.6 is 0 Å². The van der Waals surface area contributed by atoms with E-state index in [1.807, 2.05) is 0 Å². The molecule has 2 aromatic rings. The molecule has 0 aliphatic carbocycles. The first-order valence-electron chi connectivity index (χ1n) is 4.67. The number of H-pyrrole nitrogens is 1. The topological polar surface area (TPSA) is 27.8 Å². The average Bonchev–Trinajstić information content (AvgIpc) is 2.78. The van der Waals surface area contributed by atoms with E-state index < -0.39 is 17.5 Å². The molecule has 16 heavy (non-hydrogen) atoms. The van der Waals surface area contributed by atoms with Crippen molar-refractivity contribution in [2.45, 2.75) is 6.54 Å². The number of anilines is 1. The summed E-state index contributed by atoms with van der Waals surface area (Å²) in [6.07, 6.45) is 3.45. The van der Waals surface area contributed by atoms with Gasteiger partial charge in [-0.15, -0.1) is 0 Å². The number of hydrogen-bond donors (Lipinski definition) is 2. The second-order valence-corrected chi connectivity index (χ2v) is 3.30. The molecule has 0 radical (unpaired) electrons. The maximum atomic E-state index is 13.2. The maximum Gasteiger partial charge on any atom is 0.196 e. The molecule has 0 saturated heterocycles. The number of aromatic nitrogens is 1.